The lowest BCUT2D eigenvalue weighted by Gasteiger charge is -2.49. The fourth-order valence-electron chi connectivity index (χ4n) is 3.43. The highest BCUT2D eigenvalue weighted by Gasteiger charge is 2.54. The predicted octanol–water partition coefficient (Wildman–Crippen LogP) is -0.0721. The third-order valence-electron chi connectivity index (χ3n) is 5.00. The largest absolute Gasteiger partial charge is 0.483 e. The molecule has 3 N–H and O–H groups in total. The normalized spacial score (nSPS) is 19.7. The van der Waals surface area contributed by atoms with Gasteiger partial charge < -0.3 is 20.4 Å². The number of carbonyl (C=O) groups is 3. The lowest BCUT2D eigenvalue weighted by atomic mass is 10.0. The number of nitrogens with one attached hydrogen (secondary N) is 1. The predicted molar refractivity (Wildman–Crippen MR) is 121 cm³/mol. The summed E-state index contributed by atoms with van der Waals surface area (Å²) in [6, 6.07) is 5.82. The Morgan fingerprint density at radius 3 is 2.91 bits per heavy atom. The zero-order valence-corrected chi connectivity index (χ0v) is 19.3. The number of amides is 2. The molecule has 1 aromatic heterocycles. The fraction of sp³-hybridized carbons (Fsp3) is 0.316. The van der Waals surface area contributed by atoms with Gasteiger partial charge >= 0.3 is 5.97 Å². The Labute approximate surface area is 201 Å². The van der Waals surface area contributed by atoms with Crippen LogP contribution in [-0.2, 0) is 21.4 Å². The molecule has 178 valence electrons. The molecule has 2 aliphatic rings. The number of ether oxygens (including phenoxy) is 1. The number of aromatic nitrogens is 4. The van der Waals surface area contributed by atoms with Crippen molar-refractivity contribution in [1.29, 1.82) is 0 Å². The van der Waals surface area contributed by atoms with Crippen LogP contribution in [0.2, 0.25) is 0 Å². The van der Waals surface area contributed by atoms with Crippen LogP contribution in [0.15, 0.2) is 45.8 Å². The molecule has 2 aromatic rings. The molecular weight excluding hydrogens is 486 g/mol. The zero-order chi connectivity index (χ0) is 24.2. The molecule has 2 atom stereocenters. The number of hydrogen-bond acceptors (Lipinski definition) is 11. The molecule has 2 aliphatic heterocycles. The minimum atomic E-state index is -1.21. The van der Waals surface area contributed by atoms with Crippen LogP contribution in [0.25, 0.3) is 0 Å². The van der Waals surface area contributed by atoms with E-state index in [4.69, 9.17) is 9.94 Å². The van der Waals surface area contributed by atoms with E-state index in [0.717, 1.165) is 0 Å². The summed E-state index contributed by atoms with van der Waals surface area (Å²) in [6.45, 7) is -0.368. The summed E-state index contributed by atoms with van der Waals surface area (Å²) in [5.74, 6) is -1.22. The number of nitrogens with zero attached hydrogens (tertiary/aromatic N) is 6. The molecule has 0 unspecified atom stereocenters. The van der Waals surface area contributed by atoms with Crippen LogP contribution in [0.4, 0.5) is 0 Å². The average molecular weight is 506 g/mol. The Hall–Kier alpha value is -3.59. The number of para-hydroxylation sites is 1. The van der Waals surface area contributed by atoms with Crippen LogP contribution in [0.1, 0.15) is 5.56 Å². The van der Waals surface area contributed by atoms with Gasteiger partial charge in [-0.3, -0.25) is 14.5 Å². The highest BCUT2D eigenvalue weighted by molar-refractivity contribution is 8.01. The Morgan fingerprint density at radius 1 is 1.41 bits per heavy atom. The van der Waals surface area contributed by atoms with Gasteiger partial charge in [-0.05, 0) is 28.1 Å². The molecule has 2 amide bonds. The van der Waals surface area contributed by atoms with Crippen molar-refractivity contribution >= 4 is 47.5 Å². The summed E-state index contributed by atoms with van der Waals surface area (Å²) >= 11 is 2.65. The second kappa shape index (κ2) is 10.1. The smallest absolute Gasteiger partial charge is 0.352 e. The van der Waals surface area contributed by atoms with Crippen LogP contribution in [-0.4, -0.2) is 88.9 Å². The van der Waals surface area contributed by atoms with Crippen molar-refractivity contribution in [2.45, 2.75) is 16.6 Å². The van der Waals surface area contributed by atoms with Gasteiger partial charge in [0, 0.05) is 24.1 Å². The Morgan fingerprint density at radius 2 is 2.21 bits per heavy atom. The van der Waals surface area contributed by atoms with Gasteiger partial charge in [-0.15, -0.1) is 16.9 Å². The second-order valence-electron chi connectivity index (χ2n) is 7.16. The summed E-state index contributed by atoms with van der Waals surface area (Å²) in [7, 11) is 1.68. The number of thioether (sulfide) groups is 2. The number of β-lactam (4-membered cyclic amide) rings is 1. The minimum Gasteiger partial charge on any atom is -0.483 e. The van der Waals surface area contributed by atoms with Crippen LogP contribution < -0.4 is 10.1 Å². The summed E-state index contributed by atoms with van der Waals surface area (Å²) < 4.78 is 6.95. The van der Waals surface area contributed by atoms with Crippen LogP contribution in [0.3, 0.4) is 0 Å². The zero-order valence-electron chi connectivity index (χ0n) is 17.7. The number of aliphatic carboxylic acids is 1. The first-order chi connectivity index (χ1) is 16.4. The van der Waals surface area contributed by atoms with Gasteiger partial charge in [0.15, 0.2) is 6.61 Å². The van der Waals surface area contributed by atoms with Crippen molar-refractivity contribution in [3.63, 3.8) is 0 Å². The van der Waals surface area contributed by atoms with Crippen molar-refractivity contribution in [1.82, 2.24) is 30.4 Å². The summed E-state index contributed by atoms with van der Waals surface area (Å²) in [5.41, 5.74) is 0.978. The molecule has 1 aromatic carbocycles. The van der Waals surface area contributed by atoms with Crippen molar-refractivity contribution < 1.29 is 29.4 Å². The van der Waals surface area contributed by atoms with Crippen molar-refractivity contribution in [3.8, 4) is 5.75 Å². The van der Waals surface area contributed by atoms with Gasteiger partial charge in [0.1, 0.15) is 22.9 Å². The number of carboxylic acids is 1. The number of carboxylic acid groups (broad SMARTS) is 1. The van der Waals surface area contributed by atoms with E-state index in [1.165, 1.54) is 39.3 Å². The molecule has 4 rings (SSSR count). The summed E-state index contributed by atoms with van der Waals surface area (Å²) in [6.07, 6.45) is 1.18. The molecule has 1 fully saturated rings. The van der Waals surface area contributed by atoms with Crippen LogP contribution in [0.5, 0.6) is 5.75 Å². The number of aryl methyl sites for hydroxylation is 1. The minimum absolute atomic E-state index is 0.0738. The van der Waals surface area contributed by atoms with Gasteiger partial charge in [0.2, 0.25) is 5.16 Å². The SMILES string of the molecule is Cn1nnnc1SCC1=C(C(=O)O)N2C(=O)[C@@H](NC(=O)COc3ccccc3/C=N/O)[C@H]2SC1. The first kappa shape index (κ1) is 23.6. The number of benzene rings is 1. The maximum atomic E-state index is 12.8. The Balaban J connectivity index is 1.38. The summed E-state index contributed by atoms with van der Waals surface area (Å²) in [4.78, 5) is 38.3. The van der Waals surface area contributed by atoms with E-state index in [9.17, 15) is 19.5 Å². The lowest BCUT2D eigenvalue weighted by Crippen LogP contribution is -2.70. The van der Waals surface area contributed by atoms with Crippen LogP contribution >= 0.6 is 23.5 Å². The highest BCUT2D eigenvalue weighted by atomic mass is 32.2. The number of tetrazole rings is 1. The highest BCUT2D eigenvalue weighted by Crippen LogP contribution is 2.41. The van der Waals surface area contributed by atoms with E-state index in [1.54, 1.807) is 31.3 Å². The standard InChI is InChI=1S/C19H19N7O6S2/c1-25-19(22-23-24-25)34-9-11-8-33-17-14(16(28)26(17)15(11)18(29)30)21-13(27)7-32-12-5-3-2-4-10(12)6-20-31/h2-6,14,17,31H,7-9H2,1H3,(H,21,27)(H,29,30)/b20-6+/t14-,17-/m1/s1. The van der Waals surface area contributed by atoms with E-state index in [1.807, 2.05) is 0 Å². The van der Waals surface area contributed by atoms with Gasteiger partial charge in [-0.1, -0.05) is 29.1 Å². The molecule has 3 heterocycles. The number of oxime groups is 1. The van der Waals surface area contributed by atoms with Gasteiger partial charge in [-0.2, -0.15) is 0 Å². The summed E-state index contributed by atoms with van der Waals surface area (Å²) in [5, 5.41) is 35.2. The van der Waals surface area contributed by atoms with E-state index in [-0.39, 0.29) is 12.3 Å². The Kier molecular flexibility index (Phi) is 7.02. The molecule has 0 bridgehead atoms. The molecule has 0 saturated carbocycles. The third-order valence-corrected chi connectivity index (χ3v) is 7.43. The van der Waals surface area contributed by atoms with Gasteiger partial charge in [0.25, 0.3) is 11.8 Å². The third kappa shape index (κ3) is 4.70. The number of carbonyl (C=O) groups excluding carboxylic acids is 2. The van der Waals surface area contributed by atoms with Crippen molar-refractivity contribution in [2.24, 2.45) is 12.2 Å². The maximum Gasteiger partial charge on any atom is 0.352 e. The molecule has 0 spiro atoms. The molecule has 15 heteroatoms. The quantitative estimate of drug-likeness (QED) is 0.137. The van der Waals surface area contributed by atoms with E-state index in [2.05, 4.69) is 26.0 Å². The topological polar surface area (TPSA) is 172 Å². The van der Waals surface area contributed by atoms with E-state index in [0.29, 0.717) is 33.5 Å². The first-order valence-corrected chi connectivity index (χ1v) is 11.9. The van der Waals surface area contributed by atoms with E-state index >= 15 is 0 Å². The molecule has 1 saturated heterocycles. The Bertz CT molecular complexity index is 1180. The fourth-order valence-corrected chi connectivity index (χ4v) is 5.76. The maximum absolute atomic E-state index is 12.8. The van der Waals surface area contributed by atoms with Gasteiger partial charge in [0.05, 0.1) is 6.21 Å². The first-order valence-electron chi connectivity index (χ1n) is 9.84. The monoisotopic (exact) mass is 505 g/mol. The second-order valence-corrected chi connectivity index (χ2v) is 9.20. The molecule has 0 radical (unpaired) electrons. The van der Waals surface area contributed by atoms with Crippen LogP contribution in [0, 0.1) is 0 Å². The lowest BCUT2D eigenvalue weighted by molar-refractivity contribution is -0.150. The molecular formula is C19H19N7O6S2. The van der Waals surface area contributed by atoms with Gasteiger partial charge in [-0.25, -0.2) is 9.48 Å². The number of rotatable bonds is 9. The van der Waals surface area contributed by atoms with Crippen molar-refractivity contribution in [2.75, 3.05) is 18.1 Å². The molecule has 13 nitrogen and oxygen atoms in total. The van der Waals surface area contributed by atoms with Crippen molar-refractivity contribution in [3.05, 3.63) is 41.1 Å². The average Bonchev–Trinajstić information content (AvgIpc) is 3.24. The molecule has 0 aliphatic carbocycles. The van der Waals surface area contributed by atoms with E-state index < -0.39 is 29.2 Å². The number of hydrogen-bond donors (Lipinski definition) is 3. The number of fused-ring (bicyclic) bond motifs is 1. The molecule has 34 heavy (non-hydrogen) atoms.